The van der Waals surface area contributed by atoms with E-state index < -0.39 is 0 Å². The molecule has 2 N–H and O–H groups in total. The van der Waals surface area contributed by atoms with E-state index in [1.807, 2.05) is 0 Å². The van der Waals surface area contributed by atoms with Crippen molar-refractivity contribution < 1.29 is 4.74 Å². The van der Waals surface area contributed by atoms with Gasteiger partial charge in [-0.25, -0.2) is 0 Å². The Balaban J connectivity index is 1.86. The molecule has 2 saturated carbocycles. The zero-order valence-corrected chi connectivity index (χ0v) is 14.8. The SMILES string of the molecule is CCC1CCC(OC2(CN)CCC(C(C)(C)C)CC2)CC1. The number of rotatable bonds is 4. The minimum Gasteiger partial charge on any atom is -0.370 e. The van der Waals surface area contributed by atoms with E-state index in [-0.39, 0.29) is 5.60 Å². The smallest absolute Gasteiger partial charge is 0.0808 e. The van der Waals surface area contributed by atoms with Crippen LogP contribution in [0.4, 0.5) is 0 Å². The van der Waals surface area contributed by atoms with Crippen LogP contribution in [-0.2, 0) is 4.74 Å². The van der Waals surface area contributed by atoms with Gasteiger partial charge in [0.2, 0.25) is 0 Å². The molecule has 2 aliphatic carbocycles. The van der Waals surface area contributed by atoms with Crippen LogP contribution >= 0.6 is 0 Å². The molecule has 0 heterocycles. The summed E-state index contributed by atoms with van der Waals surface area (Å²) in [5.41, 5.74) is 6.56. The summed E-state index contributed by atoms with van der Waals surface area (Å²) in [4.78, 5) is 0. The lowest BCUT2D eigenvalue weighted by atomic mass is 9.68. The van der Waals surface area contributed by atoms with Crippen LogP contribution in [0.3, 0.4) is 0 Å². The third kappa shape index (κ3) is 4.45. The Morgan fingerprint density at radius 1 is 1.00 bits per heavy atom. The Hall–Kier alpha value is -0.0800. The maximum atomic E-state index is 6.60. The number of ether oxygens (including phenoxy) is 1. The highest BCUT2D eigenvalue weighted by Gasteiger charge is 2.40. The maximum absolute atomic E-state index is 6.60. The Kier molecular flexibility index (Phi) is 5.76. The summed E-state index contributed by atoms with van der Waals surface area (Å²) in [5, 5.41) is 0. The van der Waals surface area contributed by atoms with Crippen LogP contribution in [0.5, 0.6) is 0 Å². The summed E-state index contributed by atoms with van der Waals surface area (Å²) in [6.45, 7) is 10.2. The van der Waals surface area contributed by atoms with Gasteiger partial charge in [-0.2, -0.15) is 0 Å². The summed E-state index contributed by atoms with van der Waals surface area (Å²) in [5.74, 6) is 1.77. The molecule has 0 spiro atoms. The van der Waals surface area contributed by atoms with Crippen molar-refractivity contribution >= 4 is 0 Å². The highest BCUT2D eigenvalue weighted by atomic mass is 16.5. The Labute approximate surface area is 132 Å². The molecule has 0 aromatic rings. The molecular formula is C19H37NO. The van der Waals surface area contributed by atoms with Crippen molar-refractivity contribution in [2.45, 2.75) is 97.2 Å². The topological polar surface area (TPSA) is 35.2 Å². The molecule has 0 aromatic heterocycles. The zero-order chi connectivity index (χ0) is 15.5. The third-order valence-electron chi connectivity index (χ3n) is 6.28. The van der Waals surface area contributed by atoms with Gasteiger partial charge in [-0.3, -0.25) is 0 Å². The molecule has 2 fully saturated rings. The average Bonchev–Trinajstić information content (AvgIpc) is 2.47. The lowest BCUT2D eigenvalue weighted by molar-refractivity contribution is -0.131. The molecular weight excluding hydrogens is 258 g/mol. The van der Waals surface area contributed by atoms with Gasteiger partial charge >= 0.3 is 0 Å². The number of hydrogen-bond acceptors (Lipinski definition) is 2. The second-order valence-corrected chi connectivity index (χ2v) is 8.70. The molecule has 0 bridgehead atoms. The van der Waals surface area contributed by atoms with E-state index in [1.54, 1.807) is 0 Å². The Morgan fingerprint density at radius 2 is 1.57 bits per heavy atom. The zero-order valence-electron chi connectivity index (χ0n) is 14.8. The second kappa shape index (κ2) is 7.00. The summed E-state index contributed by atoms with van der Waals surface area (Å²) in [6.07, 6.45) is 11.9. The Morgan fingerprint density at radius 3 is 2.00 bits per heavy atom. The van der Waals surface area contributed by atoms with E-state index >= 15 is 0 Å². The predicted molar refractivity (Wildman–Crippen MR) is 90.3 cm³/mol. The highest BCUT2D eigenvalue weighted by Crippen LogP contribution is 2.44. The number of nitrogens with two attached hydrogens (primary N) is 1. The van der Waals surface area contributed by atoms with E-state index in [4.69, 9.17) is 10.5 Å². The van der Waals surface area contributed by atoms with Gasteiger partial charge in [-0.15, -0.1) is 0 Å². The van der Waals surface area contributed by atoms with Crippen molar-refractivity contribution in [3.63, 3.8) is 0 Å². The van der Waals surface area contributed by atoms with Crippen molar-refractivity contribution in [3.05, 3.63) is 0 Å². The van der Waals surface area contributed by atoms with E-state index in [1.165, 1.54) is 57.8 Å². The molecule has 0 amide bonds. The van der Waals surface area contributed by atoms with Gasteiger partial charge in [0.1, 0.15) is 0 Å². The van der Waals surface area contributed by atoms with Gasteiger partial charge in [0.15, 0.2) is 0 Å². The van der Waals surface area contributed by atoms with E-state index in [0.29, 0.717) is 18.1 Å². The first-order valence-corrected chi connectivity index (χ1v) is 9.26. The predicted octanol–water partition coefficient (Wildman–Crippen LogP) is 4.91. The third-order valence-corrected chi connectivity index (χ3v) is 6.28. The molecule has 0 saturated heterocycles. The fraction of sp³-hybridized carbons (Fsp3) is 1.00. The van der Waals surface area contributed by atoms with Crippen LogP contribution in [0.25, 0.3) is 0 Å². The van der Waals surface area contributed by atoms with Crippen LogP contribution in [0, 0.1) is 17.3 Å². The van der Waals surface area contributed by atoms with Crippen molar-refractivity contribution in [3.8, 4) is 0 Å². The standard InChI is InChI=1S/C19H37NO/c1-5-15-6-8-17(9-7-15)21-19(14-20)12-10-16(11-13-19)18(2,3)4/h15-17H,5-14,20H2,1-4H3. The van der Waals surface area contributed by atoms with Crippen molar-refractivity contribution in [1.29, 1.82) is 0 Å². The van der Waals surface area contributed by atoms with Crippen LogP contribution in [0.15, 0.2) is 0 Å². The minimum atomic E-state index is -0.00846. The normalized spacial score (nSPS) is 38.4. The van der Waals surface area contributed by atoms with Crippen molar-refractivity contribution in [1.82, 2.24) is 0 Å². The average molecular weight is 296 g/mol. The summed E-state index contributed by atoms with van der Waals surface area (Å²) < 4.78 is 6.60. The Bertz CT molecular complexity index is 304. The molecule has 0 radical (unpaired) electrons. The molecule has 0 aliphatic heterocycles. The molecule has 2 heteroatoms. The van der Waals surface area contributed by atoms with E-state index in [2.05, 4.69) is 27.7 Å². The van der Waals surface area contributed by atoms with E-state index in [9.17, 15) is 0 Å². The van der Waals surface area contributed by atoms with Gasteiger partial charge in [0, 0.05) is 6.54 Å². The molecule has 2 nitrogen and oxygen atoms in total. The van der Waals surface area contributed by atoms with Gasteiger partial charge in [0.25, 0.3) is 0 Å². The fourth-order valence-corrected chi connectivity index (χ4v) is 4.39. The monoisotopic (exact) mass is 295 g/mol. The summed E-state index contributed by atoms with van der Waals surface area (Å²) >= 11 is 0. The first-order valence-electron chi connectivity index (χ1n) is 9.26. The van der Waals surface area contributed by atoms with Crippen LogP contribution in [0.2, 0.25) is 0 Å². The fourth-order valence-electron chi connectivity index (χ4n) is 4.39. The maximum Gasteiger partial charge on any atom is 0.0808 e. The van der Waals surface area contributed by atoms with Gasteiger partial charge in [0.05, 0.1) is 11.7 Å². The van der Waals surface area contributed by atoms with Crippen LogP contribution < -0.4 is 5.73 Å². The lowest BCUT2D eigenvalue weighted by Crippen LogP contribution is -2.48. The van der Waals surface area contributed by atoms with Crippen LogP contribution in [0.1, 0.15) is 85.5 Å². The molecule has 0 unspecified atom stereocenters. The molecule has 2 rings (SSSR count). The van der Waals surface area contributed by atoms with Gasteiger partial charge in [-0.05, 0) is 68.6 Å². The molecule has 0 atom stereocenters. The largest absolute Gasteiger partial charge is 0.370 e. The first-order chi connectivity index (χ1) is 9.88. The highest BCUT2D eigenvalue weighted by molar-refractivity contribution is 4.92. The second-order valence-electron chi connectivity index (χ2n) is 8.70. The lowest BCUT2D eigenvalue weighted by Gasteiger charge is -2.45. The molecule has 0 aromatic carbocycles. The molecule has 124 valence electrons. The van der Waals surface area contributed by atoms with E-state index in [0.717, 1.165) is 11.8 Å². The molecule has 2 aliphatic rings. The van der Waals surface area contributed by atoms with Gasteiger partial charge < -0.3 is 10.5 Å². The summed E-state index contributed by atoms with van der Waals surface area (Å²) in [7, 11) is 0. The van der Waals surface area contributed by atoms with Gasteiger partial charge in [-0.1, -0.05) is 34.1 Å². The molecule has 21 heavy (non-hydrogen) atoms. The quantitative estimate of drug-likeness (QED) is 0.800. The van der Waals surface area contributed by atoms with Crippen molar-refractivity contribution in [2.24, 2.45) is 23.0 Å². The number of hydrogen-bond donors (Lipinski definition) is 1. The van der Waals surface area contributed by atoms with Crippen molar-refractivity contribution in [2.75, 3.05) is 6.54 Å². The summed E-state index contributed by atoms with van der Waals surface area (Å²) in [6, 6.07) is 0. The van der Waals surface area contributed by atoms with Crippen LogP contribution in [-0.4, -0.2) is 18.2 Å². The first kappa shape index (κ1) is 17.3. The minimum absolute atomic E-state index is 0.00846.